The van der Waals surface area contributed by atoms with Gasteiger partial charge in [-0.15, -0.1) is 11.3 Å². The highest BCUT2D eigenvalue weighted by Crippen LogP contribution is 2.22. The van der Waals surface area contributed by atoms with Gasteiger partial charge in [-0.25, -0.2) is 8.42 Å². The maximum absolute atomic E-state index is 12.3. The van der Waals surface area contributed by atoms with Crippen LogP contribution in [-0.2, 0) is 16.6 Å². The van der Waals surface area contributed by atoms with Crippen molar-refractivity contribution < 1.29 is 8.42 Å². The van der Waals surface area contributed by atoms with Crippen LogP contribution in [0.2, 0.25) is 0 Å². The highest BCUT2D eigenvalue weighted by molar-refractivity contribution is 7.92. The van der Waals surface area contributed by atoms with Crippen molar-refractivity contribution in [2.24, 2.45) is 0 Å². The van der Waals surface area contributed by atoms with Crippen molar-refractivity contribution >= 4 is 27.0 Å². The lowest BCUT2D eigenvalue weighted by atomic mass is 10.2. The summed E-state index contributed by atoms with van der Waals surface area (Å²) in [4.78, 5) is 1.33. The summed E-state index contributed by atoms with van der Waals surface area (Å²) in [5, 5.41) is 4.85. The van der Waals surface area contributed by atoms with E-state index in [1.807, 2.05) is 32.0 Å². The molecular formula is C14H18N2O2S2. The predicted octanol–water partition coefficient (Wildman–Crippen LogP) is 2.97. The molecule has 1 aromatic carbocycles. The molecule has 0 bridgehead atoms. The number of nitrogens with one attached hydrogen (secondary N) is 2. The second kappa shape index (κ2) is 6.39. The highest BCUT2D eigenvalue weighted by Gasteiger charge is 2.16. The third-order valence-electron chi connectivity index (χ3n) is 2.76. The van der Waals surface area contributed by atoms with Crippen LogP contribution in [0, 0.1) is 6.92 Å². The van der Waals surface area contributed by atoms with Crippen LogP contribution >= 0.6 is 11.3 Å². The van der Waals surface area contributed by atoms with Gasteiger partial charge in [-0.2, -0.15) is 0 Å². The van der Waals surface area contributed by atoms with Crippen LogP contribution in [0.25, 0.3) is 0 Å². The smallest absolute Gasteiger partial charge is 0.262 e. The molecule has 1 aromatic heterocycles. The summed E-state index contributed by atoms with van der Waals surface area (Å²) >= 11 is 1.45. The van der Waals surface area contributed by atoms with Crippen LogP contribution in [0.5, 0.6) is 0 Å². The first-order chi connectivity index (χ1) is 9.51. The van der Waals surface area contributed by atoms with Gasteiger partial charge in [0.25, 0.3) is 10.0 Å². The molecule has 1 heterocycles. The zero-order chi connectivity index (χ0) is 14.6. The first-order valence-electron chi connectivity index (χ1n) is 6.39. The third-order valence-corrected chi connectivity index (χ3v) is 5.21. The maximum atomic E-state index is 12.3. The Labute approximate surface area is 123 Å². The van der Waals surface area contributed by atoms with Gasteiger partial charge in [0, 0.05) is 22.5 Å². The summed E-state index contributed by atoms with van der Waals surface area (Å²) in [6, 6.07) is 9.03. The Morgan fingerprint density at radius 2 is 2.05 bits per heavy atom. The molecule has 0 spiro atoms. The molecule has 2 rings (SSSR count). The Kier molecular flexibility index (Phi) is 4.80. The first kappa shape index (κ1) is 15.0. The molecule has 0 fully saturated rings. The molecule has 0 atom stereocenters. The Balaban J connectivity index is 2.16. The van der Waals surface area contributed by atoms with Crippen LogP contribution in [0.15, 0.2) is 40.6 Å². The summed E-state index contributed by atoms with van der Waals surface area (Å²) in [6.45, 7) is 5.50. The van der Waals surface area contributed by atoms with E-state index >= 15 is 0 Å². The van der Waals surface area contributed by atoms with Crippen molar-refractivity contribution in [3.05, 3.63) is 46.2 Å². The minimum Gasteiger partial charge on any atom is -0.312 e. The van der Waals surface area contributed by atoms with E-state index in [9.17, 15) is 8.42 Å². The number of hydrogen-bond donors (Lipinski definition) is 2. The number of benzene rings is 1. The van der Waals surface area contributed by atoms with E-state index in [1.165, 1.54) is 11.3 Å². The lowest BCUT2D eigenvalue weighted by Crippen LogP contribution is -2.13. The minimum atomic E-state index is -3.50. The number of anilines is 1. The van der Waals surface area contributed by atoms with Crippen molar-refractivity contribution in [1.29, 1.82) is 0 Å². The average Bonchev–Trinajstić information content (AvgIpc) is 2.85. The van der Waals surface area contributed by atoms with E-state index in [0.29, 0.717) is 17.1 Å². The summed E-state index contributed by atoms with van der Waals surface area (Å²) < 4.78 is 27.2. The van der Waals surface area contributed by atoms with Gasteiger partial charge in [0.1, 0.15) is 0 Å². The first-order valence-corrected chi connectivity index (χ1v) is 8.75. The maximum Gasteiger partial charge on any atom is 0.262 e. The topological polar surface area (TPSA) is 58.2 Å². The monoisotopic (exact) mass is 310 g/mol. The molecule has 108 valence electrons. The van der Waals surface area contributed by atoms with Gasteiger partial charge in [-0.05, 0) is 37.2 Å². The Morgan fingerprint density at radius 3 is 2.75 bits per heavy atom. The Hall–Kier alpha value is -1.37. The van der Waals surface area contributed by atoms with Crippen LogP contribution in [0.3, 0.4) is 0 Å². The number of aryl methyl sites for hydroxylation is 1. The van der Waals surface area contributed by atoms with Gasteiger partial charge in [-0.1, -0.05) is 19.1 Å². The van der Waals surface area contributed by atoms with E-state index in [0.717, 1.165) is 17.0 Å². The number of rotatable bonds is 6. The normalized spacial score (nSPS) is 11.5. The molecule has 2 N–H and O–H groups in total. The van der Waals surface area contributed by atoms with Crippen LogP contribution in [0.1, 0.15) is 17.4 Å². The fourth-order valence-corrected chi connectivity index (χ4v) is 4.06. The standard InChI is InChI=1S/C14H18N2O2S2/c1-3-15-9-13-8-14(10-19-13)20(17,18)16-12-6-4-5-11(2)7-12/h4-8,10,15-16H,3,9H2,1-2H3. The number of thiophene rings is 1. The van der Waals surface area contributed by atoms with E-state index < -0.39 is 10.0 Å². The van der Waals surface area contributed by atoms with Gasteiger partial charge >= 0.3 is 0 Å². The van der Waals surface area contributed by atoms with Gasteiger partial charge in [0.15, 0.2) is 0 Å². The molecule has 20 heavy (non-hydrogen) atoms. The Morgan fingerprint density at radius 1 is 1.25 bits per heavy atom. The highest BCUT2D eigenvalue weighted by atomic mass is 32.2. The van der Waals surface area contributed by atoms with Gasteiger partial charge in [-0.3, -0.25) is 4.72 Å². The predicted molar refractivity (Wildman–Crippen MR) is 83.7 cm³/mol. The fraction of sp³-hybridized carbons (Fsp3) is 0.286. The molecule has 6 heteroatoms. The zero-order valence-electron chi connectivity index (χ0n) is 11.5. The largest absolute Gasteiger partial charge is 0.312 e. The molecule has 0 aliphatic rings. The molecule has 4 nitrogen and oxygen atoms in total. The SMILES string of the molecule is CCNCc1cc(S(=O)(=O)Nc2cccc(C)c2)cs1. The van der Waals surface area contributed by atoms with Crippen molar-refractivity contribution in [3.8, 4) is 0 Å². The van der Waals surface area contributed by atoms with Gasteiger partial charge < -0.3 is 5.32 Å². The van der Waals surface area contributed by atoms with Crippen molar-refractivity contribution in [2.45, 2.75) is 25.3 Å². The van der Waals surface area contributed by atoms with E-state index in [2.05, 4.69) is 10.0 Å². The molecule has 0 saturated heterocycles. The van der Waals surface area contributed by atoms with E-state index in [-0.39, 0.29) is 0 Å². The molecule has 0 saturated carbocycles. The average molecular weight is 310 g/mol. The van der Waals surface area contributed by atoms with Crippen molar-refractivity contribution in [2.75, 3.05) is 11.3 Å². The minimum absolute atomic E-state index is 0.317. The summed E-state index contributed by atoms with van der Waals surface area (Å²) in [6.07, 6.45) is 0. The van der Waals surface area contributed by atoms with Gasteiger partial charge in [0.05, 0.1) is 4.90 Å². The molecular weight excluding hydrogens is 292 g/mol. The van der Waals surface area contributed by atoms with Crippen LogP contribution in [0.4, 0.5) is 5.69 Å². The number of sulfonamides is 1. The molecule has 0 aliphatic heterocycles. The molecule has 0 aliphatic carbocycles. The number of hydrogen-bond acceptors (Lipinski definition) is 4. The van der Waals surface area contributed by atoms with Crippen LogP contribution in [-0.4, -0.2) is 15.0 Å². The second-order valence-corrected chi connectivity index (χ2v) is 7.18. The lowest BCUT2D eigenvalue weighted by molar-refractivity contribution is 0.601. The molecule has 0 unspecified atom stereocenters. The quantitative estimate of drug-likeness (QED) is 0.862. The zero-order valence-corrected chi connectivity index (χ0v) is 13.1. The summed E-state index contributed by atoms with van der Waals surface area (Å²) in [5.74, 6) is 0. The van der Waals surface area contributed by atoms with Gasteiger partial charge in [0.2, 0.25) is 0 Å². The van der Waals surface area contributed by atoms with Crippen molar-refractivity contribution in [1.82, 2.24) is 5.32 Å². The van der Waals surface area contributed by atoms with Crippen molar-refractivity contribution in [3.63, 3.8) is 0 Å². The van der Waals surface area contributed by atoms with Crippen LogP contribution < -0.4 is 10.0 Å². The lowest BCUT2D eigenvalue weighted by Gasteiger charge is -2.06. The molecule has 0 radical (unpaired) electrons. The third kappa shape index (κ3) is 3.82. The second-order valence-electron chi connectivity index (χ2n) is 4.50. The van der Waals surface area contributed by atoms with E-state index in [4.69, 9.17) is 0 Å². The molecule has 0 amide bonds. The molecule has 2 aromatic rings. The summed E-state index contributed by atoms with van der Waals surface area (Å²) in [5.41, 5.74) is 1.60. The fourth-order valence-electron chi connectivity index (χ4n) is 1.76. The Bertz CT molecular complexity index is 678. The summed E-state index contributed by atoms with van der Waals surface area (Å²) in [7, 11) is -3.50. The van der Waals surface area contributed by atoms with E-state index in [1.54, 1.807) is 17.5 Å².